The number of nitrogens with zero attached hydrogens (tertiary/aromatic N) is 1. The molecule has 1 aliphatic heterocycles. The molecule has 0 fully saturated rings. The van der Waals surface area contributed by atoms with Crippen molar-refractivity contribution in [2.24, 2.45) is 0 Å². The monoisotopic (exact) mass is 273 g/mol. The molecule has 0 saturated heterocycles. The van der Waals surface area contributed by atoms with E-state index in [4.69, 9.17) is 5.11 Å². The van der Waals surface area contributed by atoms with Gasteiger partial charge >= 0.3 is 0 Å². The number of benzene rings is 1. The highest BCUT2D eigenvalue weighted by molar-refractivity contribution is 7.10. The normalized spacial score (nSPS) is 19.3. The maximum Gasteiger partial charge on any atom is 0.0612 e. The summed E-state index contributed by atoms with van der Waals surface area (Å²) in [5, 5.41) is 11.3. The van der Waals surface area contributed by atoms with Gasteiger partial charge in [0.25, 0.3) is 0 Å². The van der Waals surface area contributed by atoms with E-state index in [9.17, 15) is 0 Å². The van der Waals surface area contributed by atoms with E-state index >= 15 is 0 Å². The molecule has 100 valence electrons. The summed E-state index contributed by atoms with van der Waals surface area (Å²) >= 11 is 1.87. The molecule has 3 heteroatoms. The van der Waals surface area contributed by atoms with E-state index in [1.54, 1.807) is 0 Å². The van der Waals surface area contributed by atoms with Crippen LogP contribution in [0, 0.1) is 0 Å². The summed E-state index contributed by atoms with van der Waals surface area (Å²) in [7, 11) is 0. The summed E-state index contributed by atoms with van der Waals surface area (Å²) in [5.74, 6) is 0. The highest BCUT2D eigenvalue weighted by atomic mass is 32.1. The molecule has 2 nitrogen and oxygen atoms in total. The molecule has 2 heterocycles. The molecule has 0 spiro atoms. The number of hydrogen-bond donors (Lipinski definition) is 1. The molecule has 0 aliphatic carbocycles. The molecule has 1 aromatic heterocycles. The van der Waals surface area contributed by atoms with Crippen LogP contribution in [0.25, 0.3) is 0 Å². The molecule has 0 saturated carbocycles. The van der Waals surface area contributed by atoms with Crippen molar-refractivity contribution in [1.29, 1.82) is 0 Å². The van der Waals surface area contributed by atoms with Crippen molar-refractivity contribution < 1.29 is 5.11 Å². The average Bonchev–Trinajstić information content (AvgIpc) is 2.93. The standard InChI is InChI=1S/C16H19NOS/c18-11-4-9-17-10-7-15-14(8-12-19-15)16(17)13-5-2-1-3-6-13/h1-3,5-6,8,12,16,18H,4,7,9-11H2. The van der Waals surface area contributed by atoms with Gasteiger partial charge in [0.15, 0.2) is 0 Å². The fourth-order valence-electron chi connectivity index (χ4n) is 2.91. The van der Waals surface area contributed by atoms with Gasteiger partial charge in [-0.05, 0) is 35.4 Å². The Morgan fingerprint density at radius 1 is 1.21 bits per heavy atom. The van der Waals surface area contributed by atoms with Crippen LogP contribution in [-0.4, -0.2) is 29.7 Å². The summed E-state index contributed by atoms with van der Waals surface area (Å²) in [6.45, 7) is 2.33. The highest BCUT2D eigenvalue weighted by Gasteiger charge is 2.28. The lowest BCUT2D eigenvalue weighted by Crippen LogP contribution is -2.36. The Bertz CT molecular complexity index is 523. The molecule has 1 N–H and O–H groups in total. The molecule has 1 unspecified atom stereocenters. The van der Waals surface area contributed by atoms with Crippen LogP contribution in [0.15, 0.2) is 41.8 Å². The predicted molar refractivity (Wildman–Crippen MR) is 79.6 cm³/mol. The first-order valence-corrected chi connectivity index (χ1v) is 7.74. The van der Waals surface area contributed by atoms with Crippen LogP contribution in [0.2, 0.25) is 0 Å². The summed E-state index contributed by atoms with van der Waals surface area (Å²) in [6, 6.07) is 13.3. The van der Waals surface area contributed by atoms with Gasteiger partial charge in [-0.3, -0.25) is 4.90 Å². The van der Waals surface area contributed by atoms with Crippen molar-refractivity contribution in [3.05, 3.63) is 57.8 Å². The maximum absolute atomic E-state index is 9.08. The minimum Gasteiger partial charge on any atom is -0.396 e. The molecule has 1 atom stereocenters. The number of fused-ring (bicyclic) bond motifs is 1. The number of thiophene rings is 1. The SMILES string of the molecule is OCCCN1CCc2sccc2C1c1ccccc1. The third kappa shape index (κ3) is 2.59. The summed E-state index contributed by atoms with van der Waals surface area (Å²) < 4.78 is 0. The van der Waals surface area contributed by atoms with Gasteiger partial charge in [0.05, 0.1) is 6.04 Å². The first-order chi connectivity index (χ1) is 9.40. The molecule has 1 aliphatic rings. The molecule has 19 heavy (non-hydrogen) atoms. The zero-order valence-corrected chi connectivity index (χ0v) is 11.8. The van der Waals surface area contributed by atoms with E-state index in [1.807, 2.05) is 11.3 Å². The van der Waals surface area contributed by atoms with Crippen LogP contribution in [-0.2, 0) is 6.42 Å². The van der Waals surface area contributed by atoms with E-state index in [0.29, 0.717) is 6.04 Å². The van der Waals surface area contributed by atoms with Crippen LogP contribution < -0.4 is 0 Å². The van der Waals surface area contributed by atoms with E-state index in [2.05, 4.69) is 46.7 Å². The Hall–Kier alpha value is -1.16. The van der Waals surface area contributed by atoms with Crippen LogP contribution in [0.1, 0.15) is 28.5 Å². The van der Waals surface area contributed by atoms with Gasteiger partial charge in [0.2, 0.25) is 0 Å². The third-order valence-electron chi connectivity index (χ3n) is 3.78. The van der Waals surface area contributed by atoms with Crippen LogP contribution >= 0.6 is 11.3 Å². The Kier molecular flexibility index (Phi) is 3.97. The highest BCUT2D eigenvalue weighted by Crippen LogP contribution is 2.37. The van der Waals surface area contributed by atoms with Crippen molar-refractivity contribution in [3.8, 4) is 0 Å². The largest absolute Gasteiger partial charge is 0.396 e. The van der Waals surface area contributed by atoms with E-state index in [-0.39, 0.29) is 6.61 Å². The van der Waals surface area contributed by atoms with E-state index < -0.39 is 0 Å². The van der Waals surface area contributed by atoms with Gasteiger partial charge < -0.3 is 5.11 Å². The fourth-order valence-corrected chi connectivity index (χ4v) is 3.81. The van der Waals surface area contributed by atoms with Gasteiger partial charge in [-0.2, -0.15) is 0 Å². The maximum atomic E-state index is 9.08. The zero-order valence-electron chi connectivity index (χ0n) is 11.0. The predicted octanol–water partition coefficient (Wildman–Crippen LogP) is 3.08. The molecule has 3 rings (SSSR count). The molecule has 1 aromatic carbocycles. The number of hydrogen-bond acceptors (Lipinski definition) is 3. The molecular formula is C16H19NOS. The fraction of sp³-hybridized carbons (Fsp3) is 0.375. The first-order valence-electron chi connectivity index (χ1n) is 6.86. The minimum absolute atomic E-state index is 0.272. The van der Waals surface area contributed by atoms with E-state index in [0.717, 1.165) is 25.9 Å². The van der Waals surface area contributed by atoms with Crippen molar-refractivity contribution in [1.82, 2.24) is 4.90 Å². The lowest BCUT2D eigenvalue weighted by molar-refractivity contribution is 0.187. The van der Waals surface area contributed by atoms with Crippen LogP contribution in [0.3, 0.4) is 0 Å². The summed E-state index contributed by atoms with van der Waals surface area (Å²) in [6.07, 6.45) is 1.99. The molecular weight excluding hydrogens is 254 g/mol. The second-order valence-electron chi connectivity index (χ2n) is 4.98. The minimum atomic E-state index is 0.272. The van der Waals surface area contributed by atoms with Crippen molar-refractivity contribution in [2.75, 3.05) is 19.7 Å². The Morgan fingerprint density at radius 3 is 2.84 bits per heavy atom. The van der Waals surface area contributed by atoms with Crippen LogP contribution in [0.5, 0.6) is 0 Å². The Morgan fingerprint density at radius 2 is 2.05 bits per heavy atom. The summed E-state index contributed by atoms with van der Waals surface area (Å²) in [5.41, 5.74) is 2.82. The van der Waals surface area contributed by atoms with Gasteiger partial charge in [-0.15, -0.1) is 11.3 Å². The van der Waals surface area contributed by atoms with E-state index in [1.165, 1.54) is 16.0 Å². The average molecular weight is 273 g/mol. The first kappa shape index (κ1) is 12.9. The third-order valence-corrected chi connectivity index (χ3v) is 4.78. The van der Waals surface area contributed by atoms with Gasteiger partial charge in [-0.25, -0.2) is 0 Å². The van der Waals surface area contributed by atoms with Gasteiger partial charge in [-0.1, -0.05) is 30.3 Å². The van der Waals surface area contributed by atoms with Crippen molar-refractivity contribution in [3.63, 3.8) is 0 Å². The van der Waals surface area contributed by atoms with Crippen molar-refractivity contribution >= 4 is 11.3 Å². The molecule has 0 amide bonds. The molecule has 0 bridgehead atoms. The Labute approximate surface area is 118 Å². The lowest BCUT2D eigenvalue weighted by Gasteiger charge is -2.36. The smallest absolute Gasteiger partial charge is 0.0612 e. The van der Waals surface area contributed by atoms with Crippen LogP contribution in [0.4, 0.5) is 0 Å². The van der Waals surface area contributed by atoms with Gasteiger partial charge in [0, 0.05) is 24.6 Å². The van der Waals surface area contributed by atoms with Crippen molar-refractivity contribution in [2.45, 2.75) is 18.9 Å². The second kappa shape index (κ2) is 5.87. The number of rotatable bonds is 4. The molecule has 2 aromatic rings. The topological polar surface area (TPSA) is 23.5 Å². The Balaban J connectivity index is 1.95. The number of aliphatic hydroxyl groups is 1. The summed E-state index contributed by atoms with van der Waals surface area (Å²) in [4.78, 5) is 4.02. The second-order valence-corrected chi connectivity index (χ2v) is 5.98. The quantitative estimate of drug-likeness (QED) is 0.925. The zero-order chi connectivity index (χ0) is 13.1. The van der Waals surface area contributed by atoms with Gasteiger partial charge in [0.1, 0.15) is 0 Å². The number of aliphatic hydroxyl groups excluding tert-OH is 1. The lowest BCUT2D eigenvalue weighted by atomic mass is 9.93. The molecule has 0 radical (unpaired) electrons.